The molecule has 204 valence electrons. The third kappa shape index (κ3) is 5.85. The first-order valence-corrected chi connectivity index (χ1v) is 15.0. The van der Waals surface area contributed by atoms with Gasteiger partial charge in [0, 0.05) is 49.3 Å². The van der Waals surface area contributed by atoms with Gasteiger partial charge in [0.1, 0.15) is 17.8 Å². The standard InChI is InChI=1S/C28H33N7O3S/c29-22-4-2-10-35(17-22)24-5-1-3-20(15-24)18-39(36,37)33-23-8-6-21(7-9-23)26-16-25-27(32-26)30-19-31-28(25)34-11-13-38-14-12-34/h1,3,5-9,15-16,19,22,33H,2,4,10-14,17-18,29H2,(H,30,31,32)/t22-/m1/s1. The van der Waals surface area contributed by atoms with Gasteiger partial charge in [-0.05, 0) is 54.3 Å². The maximum absolute atomic E-state index is 13.0. The van der Waals surface area contributed by atoms with Crippen LogP contribution in [0.15, 0.2) is 60.9 Å². The van der Waals surface area contributed by atoms with Crippen molar-refractivity contribution in [1.29, 1.82) is 0 Å². The van der Waals surface area contributed by atoms with Gasteiger partial charge in [-0.1, -0.05) is 24.3 Å². The van der Waals surface area contributed by atoms with Gasteiger partial charge < -0.3 is 25.3 Å². The minimum absolute atomic E-state index is 0.104. The molecule has 4 N–H and O–H groups in total. The first-order chi connectivity index (χ1) is 18.9. The van der Waals surface area contributed by atoms with Crippen molar-refractivity contribution in [3.63, 3.8) is 0 Å². The van der Waals surface area contributed by atoms with E-state index in [0.29, 0.717) is 18.9 Å². The molecule has 10 nitrogen and oxygen atoms in total. The molecule has 0 saturated carbocycles. The molecule has 0 aliphatic carbocycles. The highest BCUT2D eigenvalue weighted by molar-refractivity contribution is 7.91. The summed E-state index contributed by atoms with van der Waals surface area (Å²) < 4.78 is 34.2. The molecule has 2 aliphatic heterocycles. The fraction of sp³-hybridized carbons (Fsp3) is 0.357. The van der Waals surface area contributed by atoms with Crippen molar-refractivity contribution in [2.24, 2.45) is 5.73 Å². The molecule has 2 aliphatic rings. The summed E-state index contributed by atoms with van der Waals surface area (Å²) in [4.78, 5) is 16.7. The van der Waals surface area contributed by atoms with E-state index in [1.165, 1.54) is 0 Å². The maximum Gasteiger partial charge on any atom is 0.236 e. The number of aromatic nitrogens is 3. The first kappa shape index (κ1) is 25.6. The minimum atomic E-state index is -3.60. The molecule has 2 aromatic carbocycles. The van der Waals surface area contributed by atoms with E-state index in [9.17, 15) is 8.42 Å². The quantitative estimate of drug-likeness (QED) is 0.321. The molecule has 4 heterocycles. The number of nitrogens with one attached hydrogen (secondary N) is 2. The lowest BCUT2D eigenvalue weighted by Gasteiger charge is -2.32. The number of morpholine rings is 1. The Morgan fingerprint density at radius 2 is 1.85 bits per heavy atom. The van der Waals surface area contributed by atoms with Crippen molar-refractivity contribution in [2.45, 2.75) is 24.6 Å². The predicted octanol–water partition coefficient (Wildman–Crippen LogP) is 3.33. The summed E-state index contributed by atoms with van der Waals surface area (Å²) in [6, 6.07) is 17.3. The summed E-state index contributed by atoms with van der Waals surface area (Å²) in [6.45, 7) is 4.66. The van der Waals surface area contributed by atoms with Crippen molar-refractivity contribution in [1.82, 2.24) is 15.0 Å². The van der Waals surface area contributed by atoms with Crippen LogP contribution in [0.25, 0.3) is 22.3 Å². The van der Waals surface area contributed by atoms with Gasteiger partial charge in [0.15, 0.2) is 0 Å². The summed E-state index contributed by atoms with van der Waals surface area (Å²) in [7, 11) is -3.60. The molecule has 11 heteroatoms. The van der Waals surface area contributed by atoms with E-state index in [0.717, 1.165) is 78.4 Å². The molecule has 2 aromatic heterocycles. The first-order valence-electron chi connectivity index (χ1n) is 13.3. The Balaban J connectivity index is 1.15. The zero-order chi connectivity index (χ0) is 26.8. The number of sulfonamides is 1. The van der Waals surface area contributed by atoms with Crippen LogP contribution in [0.2, 0.25) is 0 Å². The van der Waals surface area contributed by atoms with E-state index in [4.69, 9.17) is 10.5 Å². The molecule has 0 bridgehead atoms. The highest BCUT2D eigenvalue weighted by atomic mass is 32.2. The number of nitrogens with zero attached hydrogens (tertiary/aromatic N) is 4. The summed E-state index contributed by atoms with van der Waals surface area (Å²) in [5.74, 6) is 0.787. The average molecular weight is 548 g/mol. The summed E-state index contributed by atoms with van der Waals surface area (Å²) in [5, 5.41) is 0.952. The number of ether oxygens (including phenoxy) is 1. The Labute approximate surface area is 228 Å². The zero-order valence-corrected chi connectivity index (χ0v) is 22.5. The van der Waals surface area contributed by atoms with E-state index >= 15 is 0 Å². The number of hydrogen-bond acceptors (Lipinski definition) is 8. The fourth-order valence-corrected chi connectivity index (χ4v) is 6.54. The Morgan fingerprint density at radius 1 is 1.03 bits per heavy atom. The topological polar surface area (TPSA) is 129 Å². The van der Waals surface area contributed by atoms with Crippen molar-refractivity contribution < 1.29 is 13.2 Å². The number of nitrogens with two attached hydrogens (primary N) is 1. The van der Waals surface area contributed by atoms with Crippen molar-refractivity contribution in [3.8, 4) is 11.3 Å². The number of fused-ring (bicyclic) bond motifs is 1. The van der Waals surface area contributed by atoms with Gasteiger partial charge in [0.05, 0.1) is 24.4 Å². The Hall–Kier alpha value is -3.67. The molecule has 0 radical (unpaired) electrons. The van der Waals surface area contributed by atoms with Gasteiger partial charge in [-0.2, -0.15) is 0 Å². The molecular weight excluding hydrogens is 514 g/mol. The molecule has 2 fully saturated rings. The van der Waals surface area contributed by atoms with Crippen LogP contribution in [-0.4, -0.2) is 68.8 Å². The van der Waals surface area contributed by atoms with Crippen molar-refractivity contribution in [3.05, 3.63) is 66.5 Å². The van der Waals surface area contributed by atoms with E-state index in [1.54, 1.807) is 18.5 Å². The van der Waals surface area contributed by atoms with Crippen LogP contribution in [0.1, 0.15) is 18.4 Å². The monoisotopic (exact) mass is 547 g/mol. The van der Waals surface area contributed by atoms with E-state index in [1.807, 2.05) is 42.5 Å². The summed E-state index contributed by atoms with van der Waals surface area (Å²) in [5.41, 5.74) is 11.0. The lowest BCUT2D eigenvalue weighted by atomic mass is 10.1. The highest BCUT2D eigenvalue weighted by Crippen LogP contribution is 2.30. The second kappa shape index (κ2) is 10.8. The molecule has 1 atom stereocenters. The summed E-state index contributed by atoms with van der Waals surface area (Å²) in [6.07, 6.45) is 3.64. The number of hydrogen-bond donors (Lipinski definition) is 3. The molecule has 39 heavy (non-hydrogen) atoms. The number of H-pyrrole nitrogens is 1. The molecule has 0 spiro atoms. The number of piperidine rings is 1. The van der Waals surface area contributed by atoms with Crippen LogP contribution in [0.3, 0.4) is 0 Å². The molecule has 4 aromatic rings. The highest BCUT2D eigenvalue weighted by Gasteiger charge is 2.20. The second-order valence-electron chi connectivity index (χ2n) is 10.2. The lowest BCUT2D eigenvalue weighted by molar-refractivity contribution is 0.122. The molecular formula is C28H33N7O3S. The normalized spacial score (nSPS) is 18.4. The number of aromatic amines is 1. The summed E-state index contributed by atoms with van der Waals surface area (Å²) >= 11 is 0. The lowest BCUT2D eigenvalue weighted by Crippen LogP contribution is -2.42. The second-order valence-corrected chi connectivity index (χ2v) is 11.9. The predicted molar refractivity (Wildman–Crippen MR) is 154 cm³/mol. The van der Waals surface area contributed by atoms with Crippen LogP contribution in [-0.2, 0) is 20.5 Å². The number of rotatable bonds is 7. The largest absolute Gasteiger partial charge is 0.378 e. The van der Waals surface area contributed by atoms with Gasteiger partial charge >= 0.3 is 0 Å². The Kier molecular flexibility index (Phi) is 7.11. The van der Waals surface area contributed by atoms with E-state index in [-0.39, 0.29) is 11.8 Å². The van der Waals surface area contributed by atoms with Crippen molar-refractivity contribution >= 4 is 38.2 Å². The smallest absolute Gasteiger partial charge is 0.236 e. The van der Waals surface area contributed by atoms with Gasteiger partial charge in [-0.15, -0.1) is 0 Å². The van der Waals surface area contributed by atoms with Gasteiger partial charge in [-0.3, -0.25) is 4.72 Å². The van der Waals surface area contributed by atoms with Crippen LogP contribution >= 0.6 is 0 Å². The molecule has 6 rings (SSSR count). The molecule has 2 saturated heterocycles. The van der Waals surface area contributed by atoms with E-state index in [2.05, 4.69) is 29.5 Å². The fourth-order valence-electron chi connectivity index (χ4n) is 5.35. The van der Waals surface area contributed by atoms with Gasteiger partial charge in [0.25, 0.3) is 0 Å². The zero-order valence-electron chi connectivity index (χ0n) is 21.7. The van der Waals surface area contributed by atoms with E-state index < -0.39 is 10.0 Å². The Bertz CT molecular complexity index is 1550. The van der Waals surface area contributed by atoms with Crippen LogP contribution in [0.5, 0.6) is 0 Å². The third-order valence-electron chi connectivity index (χ3n) is 7.27. The van der Waals surface area contributed by atoms with Crippen LogP contribution in [0.4, 0.5) is 17.2 Å². The third-order valence-corrected chi connectivity index (χ3v) is 8.53. The van der Waals surface area contributed by atoms with Crippen molar-refractivity contribution in [2.75, 3.05) is 53.9 Å². The average Bonchev–Trinajstić information content (AvgIpc) is 3.38. The maximum atomic E-state index is 13.0. The van der Waals surface area contributed by atoms with Gasteiger partial charge in [-0.25, -0.2) is 18.4 Å². The number of anilines is 3. The Morgan fingerprint density at radius 3 is 2.64 bits per heavy atom. The molecule has 0 unspecified atom stereocenters. The number of benzene rings is 2. The van der Waals surface area contributed by atoms with Gasteiger partial charge in [0.2, 0.25) is 10.0 Å². The van der Waals surface area contributed by atoms with Crippen LogP contribution < -0.4 is 20.3 Å². The SMILES string of the molecule is N[C@@H]1CCCN(c2cccc(CS(=O)(=O)Nc3ccc(-c4cc5c(N6CCOCC6)ncnc5[nH]4)cc3)c2)C1. The molecule has 0 amide bonds. The van der Waals surface area contributed by atoms with Crippen LogP contribution in [0, 0.1) is 0 Å². The minimum Gasteiger partial charge on any atom is -0.378 e.